The lowest BCUT2D eigenvalue weighted by Crippen LogP contribution is -2.46. The third kappa shape index (κ3) is 4.04. The summed E-state index contributed by atoms with van der Waals surface area (Å²) in [6, 6.07) is 30.5. The summed E-state index contributed by atoms with van der Waals surface area (Å²) in [5.41, 5.74) is 7.07. The van der Waals surface area contributed by atoms with Crippen LogP contribution >= 0.6 is 15.9 Å². The summed E-state index contributed by atoms with van der Waals surface area (Å²) in [6.45, 7) is 4.12. The van der Waals surface area contributed by atoms with Gasteiger partial charge in [-0.3, -0.25) is 0 Å². The average molecular weight is 574 g/mol. The van der Waals surface area contributed by atoms with Crippen LogP contribution in [0.2, 0.25) is 0 Å². The van der Waals surface area contributed by atoms with Gasteiger partial charge in [0.15, 0.2) is 23.3 Å². The quantitative estimate of drug-likeness (QED) is 0.243. The number of benzene rings is 3. The van der Waals surface area contributed by atoms with Crippen molar-refractivity contribution in [3.63, 3.8) is 0 Å². The summed E-state index contributed by atoms with van der Waals surface area (Å²) in [5, 5.41) is 8.49. The number of para-hydroxylation sites is 2. The van der Waals surface area contributed by atoms with Gasteiger partial charge in [-0.1, -0.05) is 64.0 Å². The predicted molar refractivity (Wildman–Crippen MR) is 160 cm³/mol. The molecule has 7 nitrogen and oxygen atoms in total. The van der Waals surface area contributed by atoms with E-state index in [0.717, 1.165) is 50.0 Å². The Balaban J connectivity index is 1.50. The van der Waals surface area contributed by atoms with Crippen LogP contribution in [0, 0.1) is 13.8 Å². The number of fused-ring (bicyclic) bond motifs is 4. The Morgan fingerprint density at radius 2 is 1.67 bits per heavy atom. The van der Waals surface area contributed by atoms with Gasteiger partial charge in [-0.15, -0.1) is 0 Å². The number of anilines is 2. The number of aryl methyl sites for hydroxylation is 2. The maximum Gasteiger partial charge on any atom is 0.179 e. The van der Waals surface area contributed by atoms with E-state index in [2.05, 4.69) is 86.6 Å². The van der Waals surface area contributed by atoms with Gasteiger partial charge in [-0.25, -0.2) is 15.0 Å². The van der Waals surface area contributed by atoms with E-state index in [1.807, 2.05) is 54.1 Å². The molecule has 0 spiro atoms. The normalized spacial score (nSPS) is 15.6. The number of aliphatic imine (C=N–C) groups is 2. The molecule has 39 heavy (non-hydrogen) atoms. The number of amidine groups is 2. The van der Waals surface area contributed by atoms with E-state index in [4.69, 9.17) is 15.1 Å². The standard InChI is InChI=1S/C31H24BrN7/c1-19-13-15-23(16-14-19)34-29-31-36-30-27(20(2)37-39(30)26-12-5-6-17-33-26)28(21-8-7-9-22(32)18-21)38(31)25-11-4-3-10-24(25)35-29/h3-18,28H,1-2H3,(H,34,35)/t28-/m1/s1. The summed E-state index contributed by atoms with van der Waals surface area (Å²) in [5.74, 6) is 2.87. The molecule has 5 aromatic rings. The number of hydrogen-bond donors (Lipinski definition) is 1. The van der Waals surface area contributed by atoms with Gasteiger partial charge in [-0.2, -0.15) is 9.78 Å². The van der Waals surface area contributed by atoms with Gasteiger partial charge in [0, 0.05) is 21.9 Å². The van der Waals surface area contributed by atoms with E-state index >= 15 is 0 Å². The second kappa shape index (κ2) is 9.32. The zero-order valence-corrected chi connectivity index (χ0v) is 23.0. The van der Waals surface area contributed by atoms with Gasteiger partial charge >= 0.3 is 0 Å². The third-order valence-electron chi connectivity index (χ3n) is 6.98. The molecule has 0 amide bonds. The van der Waals surface area contributed by atoms with Crippen LogP contribution < -0.4 is 10.2 Å². The van der Waals surface area contributed by atoms with Gasteiger partial charge in [0.25, 0.3) is 0 Å². The summed E-state index contributed by atoms with van der Waals surface area (Å²) >= 11 is 3.70. The van der Waals surface area contributed by atoms with Crippen LogP contribution in [-0.2, 0) is 0 Å². The van der Waals surface area contributed by atoms with E-state index in [9.17, 15) is 0 Å². The molecule has 0 unspecified atom stereocenters. The highest BCUT2D eigenvalue weighted by Gasteiger charge is 2.41. The Bertz CT molecular complexity index is 1770. The highest BCUT2D eigenvalue weighted by Crippen LogP contribution is 2.48. The smallest absolute Gasteiger partial charge is 0.179 e. The Morgan fingerprint density at radius 3 is 2.46 bits per heavy atom. The highest BCUT2D eigenvalue weighted by atomic mass is 79.9. The highest BCUT2D eigenvalue weighted by molar-refractivity contribution is 9.10. The van der Waals surface area contributed by atoms with Crippen molar-refractivity contribution in [2.24, 2.45) is 9.98 Å². The minimum Gasteiger partial charge on any atom is -0.337 e. The first-order valence-electron chi connectivity index (χ1n) is 12.7. The van der Waals surface area contributed by atoms with E-state index in [0.29, 0.717) is 11.7 Å². The Hall–Kier alpha value is -4.56. The molecular formula is C31H24BrN7. The maximum atomic E-state index is 5.25. The minimum absolute atomic E-state index is 0.186. The molecule has 8 heteroatoms. The van der Waals surface area contributed by atoms with Crippen LogP contribution in [-0.4, -0.2) is 26.4 Å². The van der Waals surface area contributed by atoms with E-state index < -0.39 is 0 Å². The Kier molecular flexibility index (Phi) is 5.63. The first-order chi connectivity index (χ1) is 19.1. The molecule has 7 rings (SSSR count). The summed E-state index contributed by atoms with van der Waals surface area (Å²) in [4.78, 5) is 17.2. The molecule has 3 aromatic carbocycles. The predicted octanol–water partition coefficient (Wildman–Crippen LogP) is 7.44. The molecule has 2 aromatic heterocycles. The molecule has 0 saturated carbocycles. The fraction of sp³-hybridized carbons (Fsp3) is 0.0968. The molecule has 4 heterocycles. The van der Waals surface area contributed by atoms with E-state index in [1.54, 1.807) is 6.20 Å². The molecule has 1 atom stereocenters. The number of hydrogen-bond acceptors (Lipinski definition) is 6. The zero-order valence-electron chi connectivity index (χ0n) is 21.4. The Morgan fingerprint density at radius 1 is 0.846 bits per heavy atom. The zero-order chi connectivity index (χ0) is 26.5. The summed E-state index contributed by atoms with van der Waals surface area (Å²) in [7, 11) is 0. The average Bonchev–Trinajstić information content (AvgIpc) is 3.29. The molecule has 2 aliphatic rings. The molecule has 0 radical (unpaired) electrons. The van der Waals surface area contributed by atoms with Crippen molar-refractivity contribution < 1.29 is 0 Å². The summed E-state index contributed by atoms with van der Waals surface area (Å²) < 4.78 is 2.85. The van der Waals surface area contributed by atoms with E-state index in [-0.39, 0.29) is 6.04 Å². The van der Waals surface area contributed by atoms with Crippen LogP contribution in [0.15, 0.2) is 112 Å². The van der Waals surface area contributed by atoms with Crippen LogP contribution in [0.3, 0.4) is 0 Å². The van der Waals surface area contributed by atoms with Gasteiger partial charge in [-0.05, 0) is 67.9 Å². The summed E-state index contributed by atoms with van der Waals surface area (Å²) in [6.07, 6.45) is 1.77. The van der Waals surface area contributed by atoms with Crippen LogP contribution in [0.25, 0.3) is 5.82 Å². The van der Waals surface area contributed by atoms with Crippen molar-refractivity contribution in [2.75, 3.05) is 10.2 Å². The molecule has 0 saturated heterocycles. The van der Waals surface area contributed by atoms with Gasteiger partial charge < -0.3 is 10.2 Å². The van der Waals surface area contributed by atoms with Crippen molar-refractivity contribution in [2.45, 2.75) is 19.9 Å². The molecule has 1 N–H and O–H groups in total. The fourth-order valence-electron chi connectivity index (χ4n) is 5.20. The number of aromatic nitrogens is 3. The third-order valence-corrected chi connectivity index (χ3v) is 7.48. The molecular weight excluding hydrogens is 550 g/mol. The molecule has 0 aliphatic carbocycles. The lowest BCUT2D eigenvalue weighted by atomic mass is 9.93. The Labute approximate surface area is 234 Å². The lowest BCUT2D eigenvalue weighted by Gasteiger charge is -2.40. The van der Waals surface area contributed by atoms with Crippen molar-refractivity contribution in [3.8, 4) is 5.82 Å². The van der Waals surface area contributed by atoms with Crippen molar-refractivity contribution in [1.82, 2.24) is 14.8 Å². The van der Waals surface area contributed by atoms with Crippen molar-refractivity contribution in [3.05, 3.63) is 124 Å². The number of rotatable bonds is 3. The second-order valence-electron chi connectivity index (χ2n) is 9.63. The first kappa shape index (κ1) is 23.5. The second-order valence-corrected chi connectivity index (χ2v) is 10.5. The van der Waals surface area contributed by atoms with Crippen molar-refractivity contribution in [1.29, 1.82) is 0 Å². The topological polar surface area (TPSA) is 70.7 Å². The van der Waals surface area contributed by atoms with Crippen LogP contribution in [0.1, 0.15) is 28.4 Å². The number of nitrogens with zero attached hydrogens (tertiary/aromatic N) is 6. The van der Waals surface area contributed by atoms with E-state index in [1.165, 1.54) is 5.56 Å². The SMILES string of the molecule is Cc1ccc(NC2=Nc3ccccc3N3C2=Nc2c(c(C)nn2-c2ccccn2)[C@H]3c2cccc(Br)c2)cc1. The molecule has 0 bridgehead atoms. The van der Waals surface area contributed by atoms with Crippen LogP contribution in [0.5, 0.6) is 0 Å². The lowest BCUT2D eigenvalue weighted by molar-refractivity contribution is 0.810. The first-order valence-corrected chi connectivity index (χ1v) is 13.5. The molecule has 0 fully saturated rings. The number of nitrogens with one attached hydrogen (secondary N) is 1. The monoisotopic (exact) mass is 573 g/mol. The molecule has 2 aliphatic heterocycles. The number of pyridine rings is 1. The van der Waals surface area contributed by atoms with Gasteiger partial charge in [0.1, 0.15) is 0 Å². The maximum absolute atomic E-state index is 5.25. The van der Waals surface area contributed by atoms with Gasteiger partial charge in [0.2, 0.25) is 0 Å². The minimum atomic E-state index is -0.186. The largest absolute Gasteiger partial charge is 0.337 e. The van der Waals surface area contributed by atoms with Crippen LogP contribution in [0.4, 0.5) is 22.9 Å². The van der Waals surface area contributed by atoms with Crippen molar-refractivity contribution >= 4 is 50.5 Å². The fourth-order valence-corrected chi connectivity index (χ4v) is 5.62. The number of halogens is 1. The molecule has 190 valence electrons. The van der Waals surface area contributed by atoms with Gasteiger partial charge in [0.05, 0.1) is 23.1 Å².